The number of hydrogen-bond acceptors (Lipinski definition) is 3. The molecule has 60 valence electrons. The van der Waals surface area contributed by atoms with Crippen LogP contribution in [0.4, 0.5) is 0 Å². The van der Waals surface area contributed by atoms with Crippen LogP contribution < -0.4 is 0 Å². The highest BCUT2D eigenvalue weighted by atomic mass is 16.3. The fraction of sp³-hybridized carbons (Fsp3) is 0.111. The van der Waals surface area contributed by atoms with Gasteiger partial charge < -0.3 is 5.11 Å². The maximum absolute atomic E-state index is 8.76. The Morgan fingerprint density at radius 1 is 1.75 bits per heavy atom. The second-order valence-corrected chi connectivity index (χ2v) is 2.26. The zero-order valence-electron chi connectivity index (χ0n) is 6.49. The highest BCUT2D eigenvalue weighted by Gasteiger charge is 2.00. The van der Waals surface area contributed by atoms with Crippen LogP contribution in [0.5, 0.6) is 0 Å². The van der Waals surface area contributed by atoms with Crippen LogP contribution in [0.15, 0.2) is 18.8 Å². The SMILES string of the molecule is C=Cc1cc(CO)cnc1C#N. The van der Waals surface area contributed by atoms with E-state index in [1.165, 1.54) is 6.20 Å². The quantitative estimate of drug-likeness (QED) is 0.704. The Bertz CT molecular complexity index is 339. The molecule has 0 amide bonds. The molecule has 3 heteroatoms. The number of aliphatic hydroxyl groups excluding tert-OH is 1. The summed E-state index contributed by atoms with van der Waals surface area (Å²) in [6.45, 7) is 3.47. The number of nitriles is 1. The predicted octanol–water partition coefficient (Wildman–Crippen LogP) is 1.09. The van der Waals surface area contributed by atoms with E-state index in [4.69, 9.17) is 10.4 Å². The van der Waals surface area contributed by atoms with Gasteiger partial charge >= 0.3 is 0 Å². The van der Waals surface area contributed by atoms with Crippen LogP contribution in [0, 0.1) is 11.3 Å². The predicted molar refractivity (Wildman–Crippen MR) is 45.0 cm³/mol. The summed E-state index contributed by atoms with van der Waals surface area (Å²) in [5, 5.41) is 17.4. The highest BCUT2D eigenvalue weighted by molar-refractivity contribution is 5.54. The monoisotopic (exact) mass is 160 g/mol. The minimum absolute atomic E-state index is 0.0699. The molecule has 0 radical (unpaired) electrons. The third-order valence-electron chi connectivity index (χ3n) is 1.48. The minimum atomic E-state index is -0.0699. The third kappa shape index (κ3) is 1.49. The number of pyridine rings is 1. The van der Waals surface area contributed by atoms with E-state index >= 15 is 0 Å². The first-order chi connectivity index (χ1) is 5.81. The van der Waals surface area contributed by atoms with E-state index in [-0.39, 0.29) is 6.61 Å². The van der Waals surface area contributed by atoms with Crippen LogP contribution in [-0.4, -0.2) is 10.1 Å². The molecule has 1 aromatic rings. The Kier molecular flexibility index (Phi) is 2.57. The van der Waals surface area contributed by atoms with Crippen LogP contribution in [0.1, 0.15) is 16.8 Å². The van der Waals surface area contributed by atoms with Crippen molar-refractivity contribution in [2.45, 2.75) is 6.61 Å². The van der Waals surface area contributed by atoms with Crippen molar-refractivity contribution in [2.24, 2.45) is 0 Å². The van der Waals surface area contributed by atoms with Gasteiger partial charge in [0.05, 0.1) is 6.61 Å². The standard InChI is InChI=1S/C9H8N2O/c1-2-8-3-7(6-12)5-11-9(8)4-10/h2-3,5,12H,1,6H2. The lowest BCUT2D eigenvalue weighted by atomic mass is 10.1. The van der Waals surface area contributed by atoms with Crippen LogP contribution in [-0.2, 0) is 6.61 Å². The first-order valence-electron chi connectivity index (χ1n) is 3.44. The zero-order valence-corrected chi connectivity index (χ0v) is 6.49. The Labute approximate surface area is 70.6 Å². The first-order valence-corrected chi connectivity index (χ1v) is 3.44. The Morgan fingerprint density at radius 3 is 3.00 bits per heavy atom. The summed E-state index contributed by atoms with van der Waals surface area (Å²) in [7, 11) is 0. The van der Waals surface area contributed by atoms with Gasteiger partial charge in [0.25, 0.3) is 0 Å². The number of rotatable bonds is 2. The van der Waals surface area contributed by atoms with Crippen molar-refractivity contribution in [2.75, 3.05) is 0 Å². The molecule has 0 bridgehead atoms. The lowest BCUT2D eigenvalue weighted by Gasteiger charge is -1.98. The normalized spacial score (nSPS) is 9.00. The number of nitrogens with zero attached hydrogens (tertiary/aromatic N) is 2. The molecule has 0 aromatic carbocycles. The van der Waals surface area contributed by atoms with Gasteiger partial charge in [-0.3, -0.25) is 0 Å². The number of aromatic nitrogens is 1. The third-order valence-corrected chi connectivity index (χ3v) is 1.48. The van der Waals surface area contributed by atoms with E-state index < -0.39 is 0 Å². The summed E-state index contributed by atoms with van der Waals surface area (Å²) in [4.78, 5) is 3.85. The van der Waals surface area contributed by atoms with Gasteiger partial charge in [0.15, 0.2) is 0 Å². The Balaban J connectivity index is 3.21. The summed E-state index contributed by atoms with van der Waals surface area (Å²) in [6.07, 6.45) is 3.02. The van der Waals surface area contributed by atoms with Crippen LogP contribution in [0.2, 0.25) is 0 Å². The maximum Gasteiger partial charge on any atom is 0.147 e. The zero-order chi connectivity index (χ0) is 8.97. The topological polar surface area (TPSA) is 56.9 Å². The first kappa shape index (κ1) is 8.44. The van der Waals surface area contributed by atoms with Crippen molar-refractivity contribution in [1.29, 1.82) is 5.26 Å². The molecule has 12 heavy (non-hydrogen) atoms. The fourth-order valence-corrected chi connectivity index (χ4v) is 0.863. The molecule has 0 aliphatic rings. The van der Waals surface area contributed by atoms with Crippen molar-refractivity contribution in [3.8, 4) is 6.07 Å². The molecule has 3 nitrogen and oxygen atoms in total. The smallest absolute Gasteiger partial charge is 0.147 e. The van der Waals surface area contributed by atoms with Crippen LogP contribution in [0.25, 0.3) is 6.08 Å². The molecule has 1 heterocycles. The van der Waals surface area contributed by atoms with Gasteiger partial charge in [-0.25, -0.2) is 4.98 Å². The van der Waals surface area contributed by atoms with E-state index in [9.17, 15) is 0 Å². The summed E-state index contributed by atoms with van der Waals surface area (Å²) in [5.41, 5.74) is 1.68. The molecule has 0 saturated heterocycles. The average Bonchev–Trinajstić information content (AvgIpc) is 2.16. The molecular formula is C9H8N2O. The van der Waals surface area contributed by atoms with Gasteiger partial charge in [-0.05, 0) is 11.6 Å². The van der Waals surface area contributed by atoms with E-state index in [0.29, 0.717) is 16.8 Å². The van der Waals surface area contributed by atoms with Gasteiger partial charge in [-0.15, -0.1) is 0 Å². The molecule has 1 aromatic heterocycles. The fourth-order valence-electron chi connectivity index (χ4n) is 0.863. The molecular weight excluding hydrogens is 152 g/mol. The van der Waals surface area contributed by atoms with Crippen molar-refractivity contribution in [3.63, 3.8) is 0 Å². The highest BCUT2D eigenvalue weighted by Crippen LogP contribution is 2.09. The summed E-state index contributed by atoms with van der Waals surface area (Å²) in [6, 6.07) is 3.63. The molecule has 0 unspecified atom stereocenters. The number of hydrogen-bond donors (Lipinski definition) is 1. The van der Waals surface area contributed by atoms with Crippen molar-refractivity contribution in [3.05, 3.63) is 35.7 Å². The van der Waals surface area contributed by atoms with E-state index in [1.54, 1.807) is 12.1 Å². The Morgan fingerprint density at radius 2 is 2.50 bits per heavy atom. The maximum atomic E-state index is 8.76. The van der Waals surface area contributed by atoms with Crippen LogP contribution in [0.3, 0.4) is 0 Å². The van der Waals surface area contributed by atoms with Crippen molar-refractivity contribution in [1.82, 2.24) is 4.98 Å². The van der Waals surface area contributed by atoms with Crippen molar-refractivity contribution < 1.29 is 5.11 Å². The van der Waals surface area contributed by atoms with Gasteiger partial charge in [0, 0.05) is 11.8 Å². The van der Waals surface area contributed by atoms with Gasteiger partial charge in [-0.1, -0.05) is 12.7 Å². The van der Waals surface area contributed by atoms with Gasteiger partial charge in [-0.2, -0.15) is 5.26 Å². The average molecular weight is 160 g/mol. The minimum Gasteiger partial charge on any atom is -0.392 e. The summed E-state index contributed by atoms with van der Waals surface area (Å²) >= 11 is 0. The Hall–Kier alpha value is -1.66. The van der Waals surface area contributed by atoms with Crippen molar-refractivity contribution >= 4 is 6.08 Å². The van der Waals surface area contributed by atoms with Gasteiger partial charge in [0.1, 0.15) is 11.8 Å². The molecule has 0 saturated carbocycles. The lowest BCUT2D eigenvalue weighted by Crippen LogP contribution is -1.91. The molecule has 0 spiro atoms. The molecule has 0 fully saturated rings. The molecule has 1 rings (SSSR count). The second kappa shape index (κ2) is 3.65. The van der Waals surface area contributed by atoms with E-state index in [0.717, 1.165) is 0 Å². The molecule has 0 aliphatic carbocycles. The summed E-state index contributed by atoms with van der Waals surface area (Å²) in [5.74, 6) is 0. The largest absolute Gasteiger partial charge is 0.392 e. The second-order valence-electron chi connectivity index (χ2n) is 2.26. The molecule has 1 N–H and O–H groups in total. The van der Waals surface area contributed by atoms with Gasteiger partial charge in [0.2, 0.25) is 0 Å². The summed E-state index contributed by atoms with van der Waals surface area (Å²) < 4.78 is 0. The molecule has 0 aliphatic heterocycles. The molecule has 0 atom stereocenters. The van der Waals surface area contributed by atoms with E-state index in [2.05, 4.69) is 11.6 Å². The van der Waals surface area contributed by atoms with E-state index in [1.807, 2.05) is 6.07 Å². The van der Waals surface area contributed by atoms with Crippen LogP contribution >= 0.6 is 0 Å². The number of aliphatic hydroxyl groups is 1. The lowest BCUT2D eigenvalue weighted by molar-refractivity contribution is 0.281.